The fraction of sp³-hybridized carbons (Fsp3) is 0.185. The van der Waals surface area contributed by atoms with Gasteiger partial charge in [0.2, 0.25) is 0 Å². The summed E-state index contributed by atoms with van der Waals surface area (Å²) in [5.74, 6) is 0. The van der Waals surface area contributed by atoms with Gasteiger partial charge in [-0.3, -0.25) is 0 Å². The molecule has 2 aromatic heterocycles. The van der Waals surface area contributed by atoms with Crippen molar-refractivity contribution in [2.24, 2.45) is 0 Å². The molecule has 280 valence electrons. The van der Waals surface area contributed by atoms with Crippen molar-refractivity contribution in [2.75, 3.05) is 4.90 Å². The van der Waals surface area contributed by atoms with Crippen LogP contribution in [0.2, 0.25) is 0 Å². The van der Waals surface area contributed by atoms with Gasteiger partial charge in [0.1, 0.15) is 0 Å². The minimum absolute atomic E-state index is 0.0262. The number of allylic oxidation sites excluding steroid dienone is 1. The molecular weight excluding hydrogens is 691 g/mol. The monoisotopic (exact) mass is 739 g/mol. The maximum absolute atomic E-state index is 2.56. The minimum atomic E-state index is 0.0262. The number of hydrogen-bond donors (Lipinski definition) is 0. The third kappa shape index (κ3) is 5.87. The van der Waals surface area contributed by atoms with E-state index in [1.807, 2.05) is 0 Å². The zero-order valence-electron chi connectivity index (χ0n) is 33.8. The molecule has 57 heavy (non-hydrogen) atoms. The van der Waals surface area contributed by atoms with E-state index in [1.165, 1.54) is 94.3 Å². The molecule has 3 heteroatoms. The van der Waals surface area contributed by atoms with Crippen LogP contribution < -0.4 is 4.90 Å². The Hall–Kier alpha value is -6.32. The standard InChI is InChI=1S/C54H49N3/c1-53(2,3)37-24-28-49-44(32-37)46-34-41(26-30-51(46)56(49)39-18-9-7-10-19-39)55(48-23-15-17-36-16-13-14-22-43(36)48)42-27-31-52-47(35-42)45-33-38(54(4,5)6)25-29-50(45)57(52)40-20-11-8-12-21-40/h7-26,28-30,32-35H,27,31H2,1-6H3. The SMILES string of the molecule is CC(C)(C)c1ccc2c(c1)c1c(n2-c2ccccc2)CCC(N(c2ccc3c(c2)c2cc(C(C)(C)C)ccc2n3-c2ccccc2)c2cccc3ccccc23)=C1. The van der Waals surface area contributed by atoms with E-state index in [1.54, 1.807) is 0 Å². The summed E-state index contributed by atoms with van der Waals surface area (Å²) in [6.07, 6.45) is 4.34. The summed E-state index contributed by atoms with van der Waals surface area (Å²) in [5, 5.41) is 6.34. The van der Waals surface area contributed by atoms with Crippen LogP contribution in [-0.4, -0.2) is 9.13 Å². The van der Waals surface area contributed by atoms with E-state index in [4.69, 9.17) is 0 Å². The van der Waals surface area contributed by atoms with Gasteiger partial charge in [-0.25, -0.2) is 0 Å². The molecule has 0 atom stereocenters. The molecule has 1 aliphatic carbocycles. The van der Waals surface area contributed by atoms with Crippen LogP contribution in [-0.2, 0) is 17.3 Å². The second-order valence-electron chi connectivity index (χ2n) is 17.8. The van der Waals surface area contributed by atoms with Crippen molar-refractivity contribution in [3.05, 3.63) is 186 Å². The Bertz CT molecular complexity index is 3010. The van der Waals surface area contributed by atoms with E-state index in [-0.39, 0.29) is 10.8 Å². The maximum atomic E-state index is 2.56. The average molecular weight is 740 g/mol. The highest BCUT2D eigenvalue weighted by atomic mass is 15.2. The van der Waals surface area contributed by atoms with E-state index >= 15 is 0 Å². The van der Waals surface area contributed by atoms with Crippen LogP contribution in [0.15, 0.2) is 163 Å². The number of fused-ring (bicyclic) bond motifs is 7. The first kappa shape index (κ1) is 35.1. The quantitative estimate of drug-likeness (QED) is 0.171. The van der Waals surface area contributed by atoms with Crippen molar-refractivity contribution in [3.63, 3.8) is 0 Å². The van der Waals surface area contributed by atoms with E-state index in [0.29, 0.717) is 0 Å². The Balaban J connectivity index is 1.25. The molecule has 0 bridgehead atoms. The Morgan fingerprint density at radius 2 is 1.00 bits per heavy atom. The molecule has 0 N–H and O–H groups in total. The summed E-state index contributed by atoms with van der Waals surface area (Å²) in [5.41, 5.74) is 15.2. The Kier molecular flexibility index (Phi) is 8.09. The minimum Gasteiger partial charge on any atom is -0.314 e. The Morgan fingerprint density at radius 1 is 0.456 bits per heavy atom. The maximum Gasteiger partial charge on any atom is 0.0542 e. The van der Waals surface area contributed by atoms with Crippen molar-refractivity contribution < 1.29 is 0 Å². The summed E-state index contributed by atoms with van der Waals surface area (Å²) in [6, 6.07) is 58.6. The molecule has 0 saturated heterocycles. The number of aromatic nitrogens is 2. The predicted octanol–water partition coefficient (Wildman–Crippen LogP) is 14.6. The van der Waals surface area contributed by atoms with Gasteiger partial charge >= 0.3 is 0 Å². The normalized spacial score (nSPS) is 13.4. The topological polar surface area (TPSA) is 13.1 Å². The second-order valence-corrected chi connectivity index (χ2v) is 17.8. The number of hydrogen-bond acceptors (Lipinski definition) is 1. The van der Waals surface area contributed by atoms with Gasteiger partial charge in [-0.2, -0.15) is 0 Å². The van der Waals surface area contributed by atoms with Crippen LogP contribution in [0.3, 0.4) is 0 Å². The lowest BCUT2D eigenvalue weighted by atomic mass is 9.86. The molecule has 0 unspecified atom stereocenters. The highest BCUT2D eigenvalue weighted by Gasteiger charge is 2.28. The molecule has 0 fully saturated rings. The van der Waals surface area contributed by atoms with Gasteiger partial charge in [-0.05, 0) is 119 Å². The lowest BCUT2D eigenvalue weighted by molar-refractivity contribution is 0.591. The van der Waals surface area contributed by atoms with Gasteiger partial charge in [0.25, 0.3) is 0 Å². The molecule has 0 amide bonds. The zero-order chi connectivity index (χ0) is 39.1. The molecule has 2 heterocycles. The van der Waals surface area contributed by atoms with Gasteiger partial charge < -0.3 is 14.0 Å². The molecule has 3 nitrogen and oxygen atoms in total. The summed E-state index contributed by atoms with van der Waals surface area (Å²) in [4.78, 5) is 2.56. The zero-order valence-corrected chi connectivity index (χ0v) is 33.8. The summed E-state index contributed by atoms with van der Waals surface area (Å²) < 4.78 is 4.94. The van der Waals surface area contributed by atoms with Crippen LogP contribution in [0.1, 0.15) is 70.3 Å². The lowest BCUT2D eigenvalue weighted by Gasteiger charge is -2.31. The third-order valence-electron chi connectivity index (χ3n) is 12.1. The van der Waals surface area contributed by atoms with Crippen LogP contribution in [0.5, 0.6) is 0 Å². The van der Waals surface area contributed by atoms with E-state index in [2.05, 4.69) is 219 Å². The predicted molar refractivity (Wildman–Crippen MR) is 244 cm³/mol. The first-order valence-corrected chi connectivity index (χ1v) is 20.4. The Morgan fingerprint density at radius 3 is 1.67 bits per heavy atom. The van der Waals surface area contributed by atoms with Gasteiger partial charge in [0.05, 0.1) is 22.2 Å². The molecule has 0 saturated carbocycles. The van der Waals surface area contributed by atoms with Crippen LogP contribution >= 0.6 is 0 Å². The average Bonchev–Trinajstić information content (AvgIpc) is 3.72. The number of para-hydroxylation sites is 2. The van der Waals surface area contributed by atoms with E-state index < -0.39 is 0 Å². The van der Waals surface area contributed by atoms with Crippen molar-refractivity contribution in [3.8, 4) is 11.4 Å². The van der Waals surface area contributed by atoms with Gasteiger partial charge in [-0.1, -0.05) is 126 Å². The fourth-order valence-corrected chi connectivity index (χ4v) is 9.11. The number of nitrogens with zero attached hydrogens (tertiary/aromatic N) is 3. The van der Waals surface area contributed by atoms with Gasteiger partial charge in [0, 0.05) is 55.6 Å². The fourth-order valence-electron chi connectivity index (χ4n) is 9.11. The third-order valence-corrected chi connectivity index (χ3v) is 12.1. The van der Waals surface area contributed by atoms with Crippen LogP contribution in [0.4, 0.5) is 11.4 Å². The molecule has 1 aliphatic rings. The summed E-state index contributed by atoms with van der Waals surface area (Å²) in [7, 11) is 0. The summed E-state index contributed by atoms with van der Waals surface area (Å²) >= 11 is 0. The molecule has 7 aromatic carbocycles. The highest BCUT2D eigenvalue weighted by molar-refractivity contribution is 6.11. The highest BCUT2D eigenvalue weighted by Crippen LogP contribution is 2.45. The van der Waals surface area contributed by atoms with Crippen molar-refractivity contribution in [1.29, 1.82) is 0 Å². The van der Waals surface area contributed by atoms with Crippen molar-refractivity contribution in [1.82, 2.24) is 9.13 Å². The van der Waals surface area contributed by atoms with Crippen LogP contribution in [0.25, 0.3) is 60.9 Å². The molecule has 0 aliphatic heterocycles. The lowest BCUT2D eigenvalue weighted by Crippen LogP contribution is -2.20. The number of anilines is 2. The first-order valence-electron chi connectivity index (χ1n) is 20.4. The Labute approximate surface area is 336 Å². The largest absolute Gasteiger partial charge is 0.314 e. The second kappa shape index (κ2) is 13.1. The van der Waals surface area contributed by atoms with Gasteiger partial charge in [0.15, 0.2) is 0 Å². The molecule has 0 spiro atoms. The molecular formula is C54H49N3. The molecule has 9 aromatic rings. The number of benzene rings is 7. The van der Waals surface area contributed by atoms with Crippen molar-refractivity contribution >= 4 is 60.9 Å². The first-order chi connectivity index (χ1) is 27.5. The molecule has 10 rings (SSSR count). The summed E-state index contributed by atoms with van der Waals surface area (Å²) in [6.45, 7) is 13.9. The van der Waals surface area contributed by atoms with E-state index in [9.17, 15) is 0 Å². The van der Waals surface area contributed by atoms with E-state index in [0.717, 1.165) is 12.8 Å². The smallest absolute Gasteiger partial charge is 0.0542 e. The van der Waals surface area contributed by atoms with Crippen LogP contribution in [0, 0.1) is 0 Å². The number of rotatable bonds is 5. The van der Waals surface area contributed by atoms with Crippen molar-refractivity contribution in [2.45, 2.75) is 65.2 Å². The molecule has 0 radical (unpaired) electrons. The van der Waals surface area contributed by atoms with Gasteiger partial charge in [-0.15, -0.1) is 0 Å².